The largest absolute Gasteiger partial charge is 0.437 e. The zero-order valence-electron chi connectivity index (χ0n) is 9.02. The second-order valence-corrected chi connectivity index (χ2v) is 4.13. The fourth-order valence-electron chi connectivity index (χ4n) is 1.24. The van der Waals surface area contributed by atoms with Gasteiger partial charge in [-0.05, 0) is 28.1 Å². The van der Waals surface area contributed by atoms with Gasteiger partial charge in [0.15, 0.2) is 0 Å². The first-order valence-electron chi connectivity index (χ1n) is 4.82. The standard InChI is InChI=1S/C10H9BrFN5O/c11-6-2-1-5(12)3-7(6)18-9-4-8(17-14)15-10(13)16-9/h1-4H,14H2,(H3,13,15,16,17). The van der Waals surface area contributed by atoms with E-state index in [1.807, 2.05) is 0 Å². The van der Waals surface area contributed by atoms with E-state index in [2.05, 4.69) is 31.3 Å². The Hall–Kier alpha value is -1.93. The van der Waals surface area contributed by atoms with Crippen molar-refractivity contribution in [3.05, 3.63) is 34.6 Å². The molecule has 0 spiro atoms. The number of benzene rings is 1. The number of ether oxygens (including phenoxy) is 1. The zero-order chi connectivity index (χ0) is 13.1. The van der Waals surface area contributed by atoms with Crippen LogP contribution in [0.5, 0.6) is 11.6 Å². The van der Waals surface area contributed by atoms with E-state index in [0.29, 0.717) is 10.3 Å². The SMILES string of the molecule is NNc1cc(Oc2cc(F)ccc2Br)nc(N)n1. The van der Waals surface area contributed by atoms with Gasteiger partial charge in [0.05, 0.1) is 4.47 Å². The summed E-state index contributed by atoms with van der Waals surface area (Å²) in [4.78, 5) is 7.65. The van der Waals surface area contributed by atoms with E-state index in [1.165, 1.54) is 24.3 Å². The highest BCUT2D eigenvalue weighted by Crippen LogP contribution is 2.30. The molecular weight excluding hydrogens is 305 g/mol. The molecule has 0 aliphatic heterocycles. The van der Waals surface area contributed by atoms with Crippen LogP contribution in [0.1, 0.15) is 0 Å². The number of halogens is 2. The van der Waals surface area contributed by atoms with Crippen molar-refractivity contribution in [2.75, 3.05) is 11.2 Å². The Bertz CT molecular complexity index is 580. The number of nitrogens with two attached hydrogens (primary N) is 2. The first kappa shape index (κ1) is 12.5. The summed E-state index contributed by atoms with van der Waals surface area (Å²) < 4.78 is 19.1. The summed E-state index contributed by atoms with van der Waals surface area (Å²) in [6.07, 6.45) is 0. The molecule has 0 unspecified atom stereocenters. The van der Waals surface area contributed by atoms with Crippen molar-refractivity contribution in [2.24, 2.45) is 5.84 Å². The van der Waals surface area contributed by atoms with Crippen molar-refractivity contribution in [2.45, 2.75) is 0 Å². The van der Waals surface area contributed by atoms with E-state index >= 15 is 0 Å². The van der Waals surface area contributed by atoms with Crippen LogP contribution in [-0.4, -0.2) is 9.97 Å². The molecule has 0 saturated heterocycles. The van der Waals surface area contributed by atoms with Gasteiger partial charge in [-0.2, -0.15) is 9.97 Å². The molecule has 0 bridgehead atoms. The predicted molar refractivity (Wildman–Crippen MR) is 68.4 cm³/mol. The first-order chi connectivity index (χ1) is 8.58. The summed E-state index contributed by atoms with van der Waals surface area (Å²) in [7, 11) is 0. The maximum Gasteiger partial charge on any atom is 0.226 e. The molecule has 0 saturated carbocycles. The Morgan fingerprint density at radius 1 is 1.28 bits per heavy atom. The van der Waals surface area contributed by atoms with Gasteiger partial charge in [0, 0.05) is 12.1 Å². The Labute approximate surface area is 110 Å². The van der Waals surface area contributed by atoms with Crippen LogP contribution in [-0.2, 0) is 0 Å². The van der Waals surface area contributed by atoms with Gasteiger partial charge in [-0.15, -0.1) is 0 Å². The minimum atomic E-state index is -0.424. The maximum atomic E-state index is 13.1. The second kappa shape index (κ2) is 5.15. The lowest BCUT2D eigenvalue weighted by atomic mass is 10.3. The van der Waals surface area contributed by atoms with E-state index in [0.717, 1.165) is 0 Å². The molecule has 0 radical (unpaired) electrons. The fraction of sp³-hybridized carbons (Fsp3) is 0. The minimum Gasteiger partial charge on any atom is -0.437 e. The summed E-state index contributed by atoms with van der Waals surface area (Å²) in [5.41, 5.74) is 7.80. The fourth-order valence-corrected chi connectivity index (χ4v) is 1.56. The molecule has 0 fully saturated rings. The molecule has 5 N–H and O–H groups in total. The molecule has 1 aromatic heterocycles. The summed E-state index contributed by atoms with van der Waals surface area (Å²) in [5, 5.41) is 0. The maximum absolute atomic E-state index is 13.1. The smallest absolute Gasteiger partial charge is 0.226 e. The summed E-state index contributed by atoms with van der Waals surface area (Å²) >= 11 is 3.24. The molecule has 8 heteroatoms. The molecule has 2 rings (SSSR count). The highest BCUT2D eigenvalue weighted by Gasteiger charge is 2.08. The first-order valence-corrected chi connectivity index (χ1v) is 5.62. The van der Waals surface area contributed by atoms with E-state index < -0.39 is 5.82 Å². The molecule has 2 aromatic rings. The third kappa shape index (κ3) is 2.84. The van der Waals surface area contributed by atoms with Crippen LogP contribution in [0.2, 0.25) is 0 Å². The van der Waals surface area contributed by atoms with Gasteiger partial charge in [-0.1, -0.05) is 0 Å². The zero-order valence-corrected chi connectivity index (χ0v) is 10.6. The van der Waals surface area contributed by atoms with Crippen molar-refractivity contribution in [1.82, 2.24) is 9.97 Å². The van der Waals surface area contributed by atoms with Crippen molar-refractivity contribution in [3.63, 3.8) is 0 Å². The lowest BCUT2D eigenvalue weighted by Gasteiger charge is -2.08. The number of aromatic nitrogens is 2. The van der Waals surface area contributed by atoms with E-state index in [4.69, 9.17) is 16.3 Å². The van der Waals surface area contributed by atoms with Crippen molar-refractivity contribution in [1.29, 1.82) is 0 Å². The number of hydrogen-bond donors (Lipinski definition) is 3. The molecule has 0 aliphatic rings. The highest BCUT2D eigenvalue weighted by molar-refractivity contribution is 9.10. The molecule has 0 amide bonds. The van der Waals surface area contributed by atoms with Crippen LogP contribution in [0.3, 0.4) is 0 Å². The topological polar surface area (TPSA) is 99.1 Å². The Kier molecular flexibility index (Phi) is 3.58. The summed E-state index contributed by atoms with van der Waals surface area (Å²) in [6.45, 7) is 0. The van der Waals surface area contributed by atoms with Crippen LogP contribution in [0.15, 0.2) is 28.7 Å². The van der Waals surface area contributed by atoms with Gasteiger partial charge < -0.3 is 15.9 Å². The second-order valence-electron chi connectivity index (χ2n) is 3.27. The molecule has 94 valence electrons. The van der Waals surface area contributed by atoms with Crippen LogP contribution in [0.4, 0.5) is 16.2 Å². The lowest BCUT2D eigenvalue weighted by Crippen LogP contribution is -2.10. The number of nitrogen functional groups attached to an aromatic ring is 2. The van der Waals surface area contributed by atoms with Crippen molar-refractivity contribution in [3.8, 4) is 11.6 Å². The third-order valence-electron chi connectivity index (χ3n) is 1.98. The van der Waals surface area contributed by atoms with Crippen molar-refractivity contribution >= 4 is 27.7 Å². The molecule has 6 nitrogen and oxygen atoms in total. The number of nitrogens with zero attached hydrogens (tertiary/aromatic N) is 2. The van der Waals surface area contributed by atoms with Gasteiger partial charge >= 0.3 is 0 Å². The van der Waals surface area contributed by atoms with Crippen LogP contribution >= 0.6 is 15.9 Å². The third-order valence-corrected chi connectivity index (χ3v) is 2.63. The summed E-state index contributed by atoms with van der Waals surface area (Å²) in [5.74, 6) is 5.51. The minimum absolute atomic E-state index is 0.00650. The Balaban J connectivity index is 2.33. The van der Waals surface area contributed by atoms with Gasteiger partial charge in [-0.25, -0.2) is 10.2 Å². The average molecular weight is 314 g/mol. The molecule has 0 atom stereocenters. The van der Waals surface area contributed by atoms with Crippen LogP contribution in [0, 0.1) is 5.82 Å². The number of anilines is 2. The molecule has 18 heavy (non-hydrogen) atoms. The number of hydrazine groups is 1. The highest BCUT2D eigenvalue weighted by atomic mass is 79.9. The van der Waals surface area contributed by atoms with Gasteiger partial charge in [0.25, 0.3) is 0 Å². The predicted octanol–water partition coefficient (Wildman–Crippen LogP) is 2.04. The van der Waals surface area contributed by atoms with E-state index in [1.54, 1.807) is 0 Å². The van der Waals surface area contributed by atoms with Crippen LogP contribution in [0.25, 0.3) is 0 Å². The number of hydrogen-bond acceptors (Lipinski definition) is 6. The van der Waals surface area contributed by atoms with E-state index in [9.17, 15) is 4.39 Å². The molecular formula is C10H9BrFN5O. The Morgan fingerprint density at radius 2 is 2.06 bits per heavy atom. The van der Waals surface area contributed by atoms with Crippen molar-refractivity contribution < 1.29 is 9.13 Å². The quantitative estimate of drug-likeness (QED) is 0.592. The normalized spacial score (nSPS) is 10.2. The van der Waals surface area contributed by atoms with Gasteiger partial charge in [0.1, 0.15) is 17.4 Å². The average Bonchev–Trinajstić information content (AvgIpc) is 2.33. The number of rotatable bonds is 3. The molecule has 0 aliphatic carbocycles. The lowest BCUT2D eigenvalue weighted by molar-refractivity contribution is 0.455. The Morgan fingerprint density at radius 3 is 2.78 bits per heavy atom. The molecule has 1 heterocycles. The molecule has 1 aromatic carbocycles. The van der Waals surface area contributed by atoms with Crippen LogP contribution < -0.4 is 21.7 Å². The monoisotopic (exact) mass is 313 g/mol. The van der Waals surface area contributed by atoms with Gasteiger partial charge in [0.2, 0.25) is 11.8 Å². The van der Waals surface area contributed by atoms with Gasteiger partial charge in [-0.3, -0.25) is 0 Å². The van der Waals surface area contributed by atoms with E-state index in [-0.39, 0.29) is 17.6 Å². The summed E-state index contributed by atoms with van der Waals surface area (Å²) in [6, 6.07) is 5.49. The number of nitrogens with one attached hydrogen (secondary N) is 1.